The zero-order valence-electron chi connectivity index (χ0n) is 14.1. The third kappa shape index (κ3) is 3.73. The maximum Gasteiger partial charge on any atom is 0.247 e. The van der Waals surface area contributed by atoms with Gasteiger partial charge < -0.3 is 16.0 Å². The topological polar surface area (TPSA) is 87.3 Å². The van der Waals surface area contributed by atoms with Gasteiger partial charge in [0.25, 0.3) is 0 Å². The zero-order chi connectivity index (χ0) is 17.9. The van der Waals surface area contributed by atoms with Crippen LogP contribution in [0.3, 0.4) is 0 Å². The fraction of sp³-hybridized carbons (Fsp3) is 0.421. The third-order valence-corrected chi connectivity index (χ3v) is 5.11. The van der Waals surface area contributed by atoms with Crippen LogP contribution in [0.4, 0.5) is 5.69 Å². The van der Waals surface area contributed by atoms with E-state index in [-0.39, 0.29) is 35.7 Å². The minimum Gasteiger partial charge on any atom is -0.351 e. The molecule has 1 atom stereocenters. The van der Waals surface area contributed by atoms with Crippen LogP contribution in [0.25, 0.3) is 0 Å². The highest BCUT2D eigenvalue weighted by Gasteiger charge is 2.48. The minimum atomic E-state index is -0.309. The number of piperidine rings is 1. The minimum absolute atomic E-state index is 0.0265. The summed E-state index contributed by atoms with van der Waals surface area (Å²) in [5, 5.41) is 8.88. The first-order valence-corrected chi connectivity index (χ1v) is 8.64. The Labute approximate surface area is 147 Å². The maximum atomic E-state index is 12.5. The van der Waals surface area contributed by atoms with Gasteiger partial charge in [-0.15, -0.1) is 0 Å². The van der Waals surface area contributed by atoms with Crippen molar-refractivity contribution < 1.29 is 14.4 Å². The van der Waals surface area contributed by atoms with Gasteiger partial charge in [-0.3, -0.25) is 14.4 Å². The van der Waals surface area contributed by atoms with Crippen LogP contribution in [-0.4, -0.2) is 29.3 Å². The molecular formula is C19H23N3O3. The normalized spacial score (nSPS) is 21.0. The number of para-hydroxylation sites is 1. The van der Waals surface area contributed by atoms with Crippen LogP contribution in [0.5, 0.6) is 0 Å². The Balaban J connectivity index is 1.66. The van der Waals surface area contributed by atoms with Gasteiger partial charge in [0.05, 0.1) is 18.0 Å². The van der Waals surface area contributed by atoms with Crippen LogP contribution in [-0.2, 0) is 20.8 Å². The molecule has 3 rings (SSSR count). The van der Waals surface area contributed by atoms with Crippen molar-refractivity contribution in [1.29, 1.82) is 0 Å². The molecule has 1 aromatic carbocycles. The predicted octanol–water partition coefficient (Wildman–Crippen LogP) is 1.67. The number of carbonyl (C=O) groups is 3. The third-order valence-electron chi connectivity index (χ3n) is 5.11. The number of benzene rings is 1. The summed E-state index contributed by atoms with van der Waals surface area (Å²) in [6.45, 7) is 3.44. The fourth-order valence-corrected chi connectivity index (χ4v) is 3.62. The summed E-state index contributed by atoms with van der Waals surface area (Å²) in [6, 6.07) is 7.19. The highest BCUT2D eigenvalue weighted by atomic mass is 16.2. The van der Waals surface area contributed by atoms with E-state index in [9.17, 15) is 14.4 Å². The highest BCUT2D eigenvalue weighted by Crippen LogP contribution is 2.38. The summed E-state index contributed by atoms with van der Waals surface area (Å²) in [4.78, 5) is 35.8. The molecule has 0 aromatic heterocycles. The number of carbonyl (C=O) groups excluding carboxylic acids is 3. The lowest BCUT2D eigenvalue weighted by atomic mass is 9.68. The second kappa shape index (κ2) is 7.09. The van der Waals surface area contributed by atoms with Crippen LogP contribution in [0, 0.1) is 0 Å². The molecule has 3 N–H and O–H groups in total. The van der Waals surface area contributed by atoms with Gasteiger partial charge in [-0.1, -0.05) is 24.8 Å². The molecule has 1 unspecified atom stereocenters. The predicted molar refractivity (Wildman–Crippen MR) is 94.9 cm³/mol. The fourth-order valence-electron chi connectivity index (χ4n) is 3.62. The van der Waals surface area contributed by atoms with Crippen molar-refractivity contribution in [1.82, 2.24) is 10.6 Å². The van der Waals surface area contributed by atoms with Crippen molar-refractivity contribution >= 4 is 23.4 Å². The average molecular weight is 341 g/mol. The first-order valence-electron chi connectivity index (χ1n) is 8.64. The van der Waals surface area contributed by atoms with Crippen LogP contribution in [0.15, 0.2) is 36.9 Å². The molecule has 0 radical (unpaired) electrons. The van der Waals surface area contributed by atoms with E-state index >= 15 is 0 Å². The SMILES string of the molecule is C=CC(=O)Nc1ccccc1CC(=O)NC1CCC(=O)NC12CCC2. The lowest BCUT2D eigenvalue weighted by Gasteiger charge is -2.51. The molecule has 0 bridgehead atoms. The van der Waals surface area contributed by atoms with Gasteiger partial charge in [0.2, 0.25) is 17.7 Å². The molecule has 1 saturated heterocycles. The Kier molecular flexibility index (Phi) is 4.88. The largest absolute Gasteiger partial charge is 0.351 e. The van der Waals surface area contributed by atoms with E-state index in [1.807, 2.05) is 12.1 Å². The van der Waals surface area contributed by atoms with E-state index in [0.717, 1.165) is 24.8 Å². The average Bonchev–Trinajstić information content (AvgIpc) is 2.56. The molecule has 2 aliphatic rings. The van der Waals surface area contributed by atoms with Crippen LogP contribution >= 0.6 is 0 Å². The lowest BCUT2D eigenvalue weighted by Crippen LogP contribution is -2.68. The van der Waals surface area contributed by atoms with Crippen LogP contribution in [0.2, 0.25) is 0 Å². The van der Waals surface area contributed by atoms with Gasteiger partial charge in [0.1, 0.15) is 0 Å². The zero-order valence-corrected chi connectivity index (χ0v) is 14.1. The van der Waals surface area contributed by atoms with Crippen molar-refractivity contribution in [3.8, 4) is 0 Å². The van der Waals surface area contributed by atoms with Gasteiger partial charge in [0.15, 0.2) is 0 Å². The second-order valence-electron chi connectivity index (χ2n) is 6.74. The highest BCUT2D eigenvalue weighted by molar-refractivity contribution is 5.99. The number of nitrogens with one attached hydrogen (secondary N) is 3. The molecule has 2 fully saturated rings. The van der Waals surface area contributed by atoms with Gasteiger partial charge in [-0.05, 0) is 43.4 Å². The Morgan fingerprint density at radius 1 is 1.32 bits per heavy atom. The molecule has 6 heteroatoms. The van der Waals surface area contributed by atoms with Crippen LogP contribution < -0.4 is 16.0 Å². The van der Waals surface area contributed by atoms with E-state index in [0.29, 0.717) is 18.5 Å². The smallest absolute Gasteiger partial charge is 0.247 e. The van der Waals surface area contributed by atoms with Crippen molar-refractivity contribution in [2.75, 3.05) is 5.32 Å². The van der Waals surface area contributed by atoms with Gasteiger partial charge >= 0.3 is 0 Å². The molecule has 132 valence electrons. The number of hydrogen-bond donors (Lipinski definition) is 3. The lowest BCUT2D eigenvalue weighted by molar-refractivity contribution is -0.131. The summed E-state index contributed by atoms with van der Waals surface area (Å²) in [6.07, 6.45) is 5.38. The Hall–Kier alpha value is -2.63. The molecule has 3 amide bonds. The van der Waals surface area contributed by atoms with Crippen LogP contribution in [0.1, 0.15) is 37.7 Å². The Morgan fingerprint density at radius 2 is 2.08 bits per heavy atom. The first-order chi connectivity index (χ1) is 12.0. The van der Waals surface area contributed by atoms with Crippen molar-refractivity contribution in [2.45, 2.75) is 50.1 Å². The number of rotatable bonds is 5. The van der Waals surface area contributed by atoms with Gasteiger partial charge in [0, 0.05) is 12.1 Å². The standard InChI is InChI=1S/C19H23N3O3/c1-2-16(23)20-14-7-4-3-6-13(14)12-18(25)21-15-8-9-17(24)22-19(15)10-5-11-19/h2-4,6-7,15H,1,5,8-12H2,(H,20,23)(H,21,25)(H,22,24). The van der Waals surface area contributed by atoms with Crippen molar-refractivity contribution in [3.63, 3.8) is 0 Å². The molecule has 6 nitrogen and oxygen atoms in total. The maximum absolute atomic E-state index is 12.5. The molecule has 1 aliphatic heterocycles. The number of anilines is 1. The number of amides is 3. The number of hydrogen-bond acceptors (Lipinski definition) is 3. The molecule has 1 aliphatic carbocycles. The Bertz CT molecular complexity index is 710. The first kappa shape index (κ1) is 17.2. The molecule has 1 spiro atoms. The van der Waals surface area contributed by atoms with Gasteiger partial charge in [-0.2, -0.15) is 0 Å². The molecule has 25 heavy (non-hydrogen) atoms. The monoisotopic (exact) mass is 341 g/mol. The van der Waals surface area contributed by atoms with E-state index in [2.05, 4.69) is 22.5 Å². The summed E-state index contributed by atoms with van der Waals surface area (Å²) in [7, 11) is 0. The van der Waals surface area contributed by atoms with E-state index in [1.54, 1.807) is 12.1 Å². The summed E-state index contributed by atoms with van der Waals surface area (Å²) >= 11 is 0. The second-order valence-corrected chi connectivity index (χ2v) is 6.74. The van der Waals surface area contributed by atoms with Crippen molar-refractivity contribution in [2.24, 2.45) is 0 Å². The van der Waals surface area contributed by atoms with E-state index in [1.165, 1.54) is 6.08 Å². The molecular weight excluding hydrogens is 318 g/mol. The summed E-state index contributed by atoms with van der Waals surface area (Å²) in [5.74, 6) is -0.341. The van der Waals surface area contributed by atoms with E-state index < -0.39 is 0 Å². The Morgan fingerprint density at radius 3 is 2.76 bits per heavy atom. The molecule has 1 aromatic rings. The molecule has 1 heterocycles. The summed E-state index contributed by atoms with van der Waals surface area (Å²) in [5.41, 5.74) is 1.09. The van der Waals surface area contributed by atoms with Crippen molar-refractivity contribution in [3.05, 3.63) is 42.5 Å². The quantitative estimate of drug-likeness (QED) is 0.712. The van der Waals surface area contributed by atoms with Gasteiger partial charge in [-0.25, -0.2) is 0 Å². The van der Waals surface area contributed by atoms with E-state index in [4.69, 9.17) is 0 Å². The molecule has 1 saturated carbocycles. The summed E-state index contributed by atoms with van der Waals surface area (Å²) < 4.78 is 0.